The van der Waals surface area contributed by atoms with E-state index in [1.54, 1.807) is 36.4 Å². The Kier molecular flexibility index (Phi) is 7.07. The van der Waals surface area contributed by atoms with Crippen LogP contribution >= 0.6 is 0 Å². The number of hydrazone groups is 1. The van der Waals surface area contributed by atoms with E-state index in [2.05, 4.69) is 10.5 Å². The fourth-order valence-corrected chi connectivity index (χ4v) is 6.40. The maximum absolute atomic E-state index is 13.7. The molecule has 1 amide bonds. The van der Waals surface area contributed by atoms with Gasteiger partial charge in [0.15, 0.2) is 9.84 Å². The van der Waals surface area contributed by atoms with Gasteiger partial charge in [0.05, 0.1) is 21.3 Å². The van der Waals surface area contributed by atoms with Crippen molar-refractivity contribution < 1.29 is 26.0 Å². The summed E-state index contributed by atoms with van der Waals surface area (Å²) < 4.78 is 65.0. The first-order chi connectivity index (χ1) is 17.0. The highest BCUT2D eigenvalue weighted by Gasteiger charge is 2.28. The number of rotatable bonds is 6. The van der Waals surface area contributed by atoms with Crippen LogP contribution in [0.15, 0.2) is 81.6 Å². The van der Waals surface area contributed by atoms with E-state index >= 15 is 0 Å². The summed E-state index contributed by atoms with van der Waals surface area (Å²) in [7, 11) is -5.72. The number of carbonyl (C=O) groups is 1. The number of nitrogens with one attached hydrogen (secondary N) is 1. The molecule has 1 aliphatic heterocycles. The first-order valence-electron chi connectivity index (χ1n) is 11.0. The minimum atomic E-state index is -3.67. The van der Waals surface area contributed by atoms with Gasteiger partial charge in [-0.3, -0.25) is 4.79 Å². The molecule has 36 heavy (non-hydrogen) atoms. The van der Waals surface area contributed by atoms with Gasteiger partial charge in [-0.1, -0.05) is 29.8 Å². The number of sulfonamides is 1. The number of benzene rings is 3. The molecule has 1 N–H and O–H groups in total. The Morgan fingerprint density at radius 3 is 2.39 bits per heavy atom. The number of nitrogens with zero attached hydrogens (tertiary/aromatic N) is 2. The molecule has 0 aliphatic carbocycles. The molecule has 11 heteroatoms. The molecule has 0 atom stereocenters. The van der Waals surface area contributed by atoms with Crippen molar-refractivity contribution in [3.05, 3.63) is 94.8 Å². The number of amides is 1. The third-order valence-electron chi connectivity index (χ3n) is 5.84. The molecule has 0 spiro atoms. The second kappa shape index (κ2) is 9.92. The molecule has 8 nitrogen and oxygen atoms in total. The molecular weight excluding hydrogens is 505 g/mol. The summed E-state index contributed by atoms with van der Waals surface area (Å²) in [4.78, 5) is 12.8. The number of carbonyl (C=O) groups excluding carboxylic acids is 1. The second-order valence-electron chi connectivity index (χ2n) is 8.48. The minimum Gasteiger partial charge on any atom is -0.267 e. The SMILES string of the molecule is Cc1ccc(S(=O)(=O)N(C)Cc2ccc(C(=O)N/N=C3/CCS(=O)(=O)c4ccc(F)cc43)cc2)cc1. The zero-order chi connectivity index (χ0) is 26.1. The molecule has 4 rings (SSSR count). The van der Waals surface area contributed by atoms with Crippen LogP contribution in [0.5, 0.6) is 0 Å². The normalized spacial score (nSPS) is 16.1. The molecule has 1 heterocycles. The van der Waals surface area contributed by atoms with Crippen LogP contribution in [-0.4, -0.2) is 45.6 Å². The van der Waals surface area contributed by atoms with Crippen molar-refractivity contribution in [1.82, 2.24) is 9.73 Å². The fraction of sp³-hybridized carbons (Fsp3) is 0.200. The van der Waals surface area contributed by atoms with Gasteiger partial charge in [0, 0.05) is 31.1 Å². The number of hydrogen-bond donors (Lipinski definition) is 1. The van der Waals surface area contributed by atoms with Gasteiger partial charge in [-0.05, 0) is 55.0 Å². The van der Waals surface area contributed by atoms with Crippen LogP contribution < -0.4 is 5.43 Å². The van der Waals surface area contributed by atoms with Gasteiger partial charge in [-0.2, -0.15) is 9.41 Å². The van der Waals surface area contributed by atoms with Crippen molar-refractivity contribution in [1.29, 1.82) is 0 Å². The molecule has 3 aromatic rings. The van der Waals surface area contributed by atoms with E-state index in [9.17, 15) is 26.0 Å². The fourth-order valence-electron chi connectivity index (χ4n) is 3.77. The van der Waals surface area contributed by atoms with Crippen molar-refractivity contribution in [3.63, 3.8) is 0 Å². The van der Waals surface area contributed by atoms with Crippen LogP contribution in [0.2, 0.25) is 0 Å². The smallest absolute Gasteiger partial charge is 0.267 e. The predicted octanol–water partition coefficient (Wildman–Crippen LogP) is 3.27. The van der Waals surface area contributed by atoms with Crippen molar-refractivity contribution in [2.24, 2.45) is 5.10 Å². The zero-order valence-corrected chi connectivity index (χ0v) is 21.2. The third kappa shape index (κ3) is 5.38. The van der Waals surface area contributed by atoms with Gasteiger partial charge in [0.1, 0.15) is 5.82 Å². The molecule has 0 radical (unpaired) electrons. The summed E-state index contributed by atoms with van der Waals surface area (Å²) in [5, 5.41) is 4.05. The average molecular weight is 530 g/mol. The predicted molar refractivity (Wildman–Crippen MR) is 133 cm³/mol. The largest absolute Gasteiger partial charge is 0.271 e. The highest BCUT2D eigenvalue weighted by molar-refractivity contribution is 7.91. The van der Waals surface area contributed by atoms with E-state index in [1.165, 1.54) is 29.6 Å². The number of aryl methyl sites for hydroxylation is 1. The number of hydrogen-bond acceptors (Lipinski definition) is 6. The maximum atomic E-state index is 13.7. The van der Waals surface area contributed by atoms with Crippen LogP contribution in [-0.2, 0) is 26.4 Å². The summed E-state index contributed by atoms with van der Waals surface area (Å²) >= 11 is 0. The second-order valence-corrected chi connectivity index (χ2v) is 12.6. The van der Waals surface area contributed by atoms with Gasteiger partial charge >= 0.3 is 0 Å². The van der Waals surface area contributed by atoms with E-state index in [-0.39, 0.29) is 45.3 Å². The highest BCUT2D eigenvalue weighted by Crippen LogP contribution is 2.26. The van der Waals surface area contributed by atoms with E-state index in [0.717, 1.165) is 17.7 Å². The van der Waals surface area contributed by atoms with Crippen LogP contribution in [0.25, 0.3) is 0 Å². The first-order valence-corrected chi connectivity index (χ1v) is 14.1. The summed E-state index contributed by atoms with van der Waals surface area (Å²) in [5.41, 5.74) is 4.71. The highest BCUT2D eigenvalue weighted by atomic mass is 32.2. The molecule has 0 fully saturated rings. The summed E-state index contributed by atoms with van der Waals surface area (Å²) in [6.07, 6.45) is 0.0415. The molecule has 3 aromatic carbocycles. The van der Waals surface area contributed by atoms with Crippen LogP contribution in [0.3, 0.4) is 0 Å². The Hall–Kier alpha value is -3.41. The summed E-state index contributed by atoms with van der Waals surface area (Å²) in [6.45, 7) is 1.99. The van der Waals surface area contributed by atoms with Crippen molar-refractivity contribution >= 4 is 31.5 Å². The lowest BCUT2D eigenvalue weighted by molar-refractivity contribution is 0.0954. The minimum absolute atomic E-state index is 0.0165. The Labute approximate surface area is 209 Å². The summed E-state index contributed by atoms with van der Waals surface area (Å²) in [5.74, 6) is -1.33. The molecule has 0 saturated heterocycles. The van der Waals surface area contributed by atoms with Crippen LogP contribution in [0.1, 0.15) is 33.5 Å². The van der Waals surface area contributed by atoms with Crippen molar-refractivity contribution in [3.8, 4) is 0 Å². The maximum Gasteiger partial charge on any atom is 0.271 e. The Balaban J connectivity index is 1.45. The Morgan fingerprint density at radius 2 is 1.72 bits per heavy atom. The standard InChI is InChI=1S/C25H24FN3O5S2/c1-17-3-10-21(11-4-17)36(33,34)29(2)16-18-5-7-19(8-6-18)25(30)28-27-23-13-14-35(31,32)24-12-9-20(26)15-22(23)24/h3-12,15H,13-14,16H2,1-2H3,(H,28,30)/b27-23-. The first kappa shape index (κ1) is 25.7. The van der Waals surface area contributed by atoms with Crippen molar-refractivity contribution in [2.75, 3.05) is 12.8 Å². The van der Waals surface area contributed by atoms with Gasteiger partial charge in [0.2, 0.25) is 10.0 Å². The average Bonchev–Trinajstić information content (AvgIpc) is 2.84. The van der Waals surface area contributed by atoms with E-state index < -0.39 is 31.6 Å². The van der Waals surface area contributed by atoms with Crippen LogP contribution in [0.4, 0.5) is 4.39 Å². The lowest BCUT2D eigenvalue weighted by Crippen LogP contribution is -2.27. The Bertz CT molecular complexity index is 1550. The number of halogens is 1. The van der Waals surface area contributed by atoms with E-state index in [0.29, 0.717) is 5.56 Å². The molecular formula is C25H24FN3O5S2. The lowest BCUT2D eigenvalue weighted by atomic mass is 10.1. The molecule has 0 unspecified atom stereocenters. The lowest BCUT2D eigenvalue weighted by Gasteiger charge is -2.18. The van der Waals surface area contributed by atoms with Gasteiger partial charge < -0.3 is 0 Å². The molecule has 1 aliphatic rings. The number of fused-ring (bicyclic) bond motifs is 1. The van der Waals surface area contributed by atoms with Gasteiger partial charge in [0.25, 0.3) is 5.91 Å². The topological polar surface area (TPSA) is 113 Å². The monoisotopic (exact) mass is 529 g/mol. The van der Waals surface area contributed by atoms with E-state index in [1.807, 2.05) is 6.92 Å². The zero-order valence-electron chi connectivity index (χ0n) is 19.6. The van der Waals surface area contributed by atoms with Gasteiger partial charge in [-0.25, -0.2) is 26.7 Å². The number of sulfone groups is 1. The molecule has 0 bridgehead atoms. The molecule has 0 saturated carbocycles. The third-order valence-corrected chi connectivity index (χ3v) is 9.42. The van der Waals surface area contributed by atoms with Crippen molar-refractivity contribution in [2.45, 2.75) is 29.7 Å². The quantitative estimate of drug-likeness (QED) is 0.389. The molecule has 188 valence electrons. The Morgan fingerprint density at radius 1 is 1.06 bits per heavy atom. The van der Waals surface area contributed by atoms with Gasteiger partial charge in [-0.15, -0.1) is 0 Å². The van der Waals surface area contributed by atoms with E-state index in [4.69, 9.17) is 0 Å². The van der Waals surface area contributed by atoms with Crippen LogP contribution in [0, 0.1) is 12.7 Å². The summed E-state index contributed by atoms with van der Waals surface area (Å²) in [6, 6.07) is 16.3. The molecule has 0 aromatic heterocycles.